The number of halogens is 1. The zero-order valence-corrected chi connectivity index (χ0v) is 11.4. The molecule has 1 N–H and O–H groups in total. The first-order valence-electron chi connectivity index (χ1n) is 5.96. The van der Waals surface area contributed by atoms with Gasteiger partial charge in [0.1, 0.15) is 18.3 Å². The molecule has 3 aromatic rings. The second-order valence-electron chi connectivity index (χ2n) is 4.05. The molecule has 2 heterocycles. The summed E-state index contributed by atoms with van der Waals surface area (Å²) in [6.07, 6.45) is 7.27. The summed E-state index contributed by atoms with van der Waals surface area (Å²) in [6, 6.07) is 5.08. The first-order valence-corrected chi connectivity index (χ1v) is 6.34. The molecule has 0 aliphatic rings. The highest BCUT2D eigenvalue weighted by molar-refractivity contribution is 6.31. The van der Waals surface area contributed by atoms with Crippen molar-refractivity contribution >= 4 is 23.2 Å². The largest absolute Gasteiger partial charge is 0.319 e. The van der Waals surface area contributed by atoms with Crippen LogP contribution in [0.15, 0.2) is 49.4 Å². The maximum Gasteiger partial charge on any atom is 0.275 e. The maximum absolute atomic E-state index is 12.1. The molecule has 0 bridgehead atoms. The summed E-state index contributed by atoms with van der Waals surface area (Å²) in [5.41, 5.74) is 1.36. The lowest BCUT2D eigenvalue weighted by atomic mass is 10.2. The molecule has 0 fully saturated rings. The van der Waals surface area contributed by atoms with Gasteiger partial charge in [0.25, 0.3) is 5.91 Å². The fourth-order valence-corrected chi connectivity index (χ4v) is 1.92. The molecule has 21 heavy (non-hydrogen) atoms. The van der Waals surface area contributed by atoms with Crippen molar-refractivity contribution in [2.45, 2.75) is 0 Å². The van der Waals surface area contributed by atoms with Crippen LogP contribution >= 0.6 is 11.6 Å². The summed E-state index contributed by atoms with van der Waals surface area (Å²) in [6.45, 7) is 0. The van der Waals surface area contributed by atoms with Crippen molar-refractivity contribution in [1.82, 2.24) is 24.7 Å². The van der Waals surface area contributed by atoms with E-state index in [4.69, 9.17) is 11.6 Å². The number of carbonyl (C=O) groups is 1. The predicted molar refractivity (Wildman–Crippen MR) is 76.4 cm³/mol. The van der Waals surface area contributed by atoms with E-state index in [2.05, 4.69) is 25.4 Å². The molecule has 8 heteroatoms. The number of nitrogens with zero attached hydrogens (tertiary/aromatic N) is 5. The highest BCUT2D eigenvalue weighted by atomic mass is 35.5. The van der Waals surface area contributed by atoms with Crippen molar-refractivity contribution in [3.63, 3.8) is 0 Å². The smallest absolute Gasteiger partial charge is 0.275 e. The second kappa shape index (κ2) is 5.68. The van der Waals surface area contributed by atoms with Gasteiger partial charge in [-0.15, -0.1) is 0 Å². The van der Waals surface area contributed by atoms with Gasteiger partial charge in [0.15, 0.2) is 0 Å². The van der Waals surface area contributed by atoms with Crippen LogP contribution in [-0.2, 0) is 0 Å². The van der Waals surface area contributed by atoms with Gasteiger partial charge in [-0.2, -0.15) is 5.10 Å². The lowest BCUT2D eigenvalue weighted by Crippen LogP contribution is -2.15. The van der Waals surface area contributed by atoms with Crippen LogP contribution in [0.5, 0.6) is 0 Å². The Morgan fingerprint density at radius 1 is 1.24 bits per heavy atom. The average molecular weight is 301 g/mol. The fraction of sp³-hybridized carbons (Fsp3) is 0. The third-order valence-electron chi connectivity index (χ3n) is 2.67. The van der Waals surface area contributed by atoms with E-state index in [1.807, 2.05) is 0 Å². The molecule has 1 aromatic carbocycles. The van der Waals surface area contributed by atoms with Gasteiger partial charge < -0.3 is 5.32 Å². The molecule has 3 rings (SSSR count). The summed E-state index contributed by atoms with van der Waals surface area (Å²) in [7, 11) is 0. The Morgan fingerprint density at radius 3 is 2.86 bits per heavy atom. The number of carbonyl (C=O) groups excluding carboxylic acids is 1. The lowest BCUT2D eigenvalue weighted by molar-refractivity contribution is 0.102. The van der Waals surface area contributed by atoms with E-state index in [0.717, 1.165) is 0 Å². The van der Waals surface area contributed by atoms with Crippen LogP contribution in [0.1, 0.15) is 10.5 Å². The molecule has 0 spiro atoms. The monoisotopic (exact) mass is 300 g/mol. The molecule has 7 nitrogen and oxygen atoms in total. The van der Waals surface area contributed by atoms with Crippen molar-refractivity contribution in [3.05, 3.63) is 60.2 Å². The van der Waals surface area contributed by atoms with Crippen molar-refractivity contribution in [3.8, 4) is 5.69 Å². The van der Waals surface area contributed by atoms with Crippen LogP contribution in [0, 0.1) is 0 Å². The SMILES string of the molecule is O=C(Nc1cc(Cl)ccc1-n1cncn1)c1cnccn1. The van der Waals surface area contributed by atoms with E-state index in [1.165, 1.54) is 35.9 Å². The molecule has 0 radical (unpaired) electrons. The summed E-state index contributed by atoms with van der Waals surface area (Å²) in [4.78, 5) is 23.8. The van der Waals surface area contributed by atoms with Crippen molar-refractivity contribution < 1.29 is 4.79 Å². The Hall–Kier alpha value is -2.80. The van der Waals surface area contributed by atoms with E-state index in [-0.39, 0.29) is 11.6 Å². The normalized spacial score (nSPS) is 10.3. The molecule has 0 saturated heterocycles. The molecule has 0 atom stereocenters. The average Bonchev–Trinajstić information content (AvgIpc) is 3.02. The van der Waals surface area contributed by atoms with Gasteiger partial charge in [0.05, 0.1) is 17.6 Å². The van der Waals surface area contributed by atoms with Crippen LogP contribution in [0.3, 0.4) is 0 Å². The number of rotatable bonds is 3. The first kappa shape index (κ1) is 13.2. The van der Waals surface area contributed by atoms with Gasteiger partial charge in [0, 0.05) is 17.4 Å². The highest BCUT2D eigenvalue weighted by Crippen LogP contribution is 2.24. The van der Waals surface area contributed by atoms with Crippen molar-refractivity contribution in [2.24, 2.45) is 0 Å². The Bertz CT molecular complexity index is 760. The fourth-order valence-electron chi connectivity index (χ4n) is 1.74. The standard InChI is InChI=1S/C13H9ClN6O/c14-9-1-2-12(20-8-16-7-18-20)10(5-9)19-13(21)11-6-15-3-4-17-11/h1-8H,(H,19,21). The predicted octanol–water partition coefficient (Wildman–Crippen LogP) is 1.96. The molecule has 1 amide bonds. The molecular formula is C13H9ClN6O. The Balaban J connectivity index is 1.95. The van der Waals surface area contributed by atoms with E-state index < -0.39 is 0 Å². The van der Waals surface area contributed by atoms with Gasteiger partial charge in [-0.25, -0.2) is 14.6 Å². The van der Waals surface area contributed by atoms with E-state index in [1.54, 1.807) is 18.2 Å². The minimum Gasteiger partial charge on any atom is -0.319 e. The molecule has 0 saturated carbocycles. The maximum atomic E-state index is 12.1. The number of anilines is 1. The van der Waals surface area contributed by atoms with Gasteiger partial charge in [0.2, 0.25) is 0 Å². The molecule has 0 unspecified atom stereocenters. The Morgan fingerprint density at radius 2 is 2.14 bits per heavy atom. The molecule has 104 valence electrons. The third-order valence-corrected chi connectivity index (χ3v) is 2.90. The quantitative estimate of drug-likeness (QED) is 0.799. The summed E-state index contributed by atoms with van der Waals surface area (Å²) >= 11 is 5.98. The Labute approximate surface area is 124 Å². The minimum atomic E-state index is -0.383. The molecule has 0 aliphatic carbocycles. The summed E-state index contributed by atoms with van der Waals surface area (Å²) in [5.74, 6) is -0.383. The van der Waals surface area contributed by atoms with Crippen LogP contribution in [0.4, 0.5) is 5.69 Å². The zero-order chi connectivity index (χ0) is 14.7. The Kier molecular flexibility index (Phi) is 3.57. The number of hydrogen-bond acceptors (Lipinski definition) is 5. The number of nitrogens with one attached hydrogen (secondary N) is 1. The topological polar surface area (TPSA) is 85.6 Å². The van der Waals surface area contributed by atoms with E-state index in [0.29, 0.717) is 16.4 Å². The van der Waals surface area contributed by atoms with Gasteiger partial charge in [-0.3, -0.25) is 9.78 Å². The molecule has 2 aromatic heterocycles. The van der Waals surface area contributed by atoms with E-state index >= 15 is 0 Å². The zero-order valence-electron chi connectivity index (χ0n) is 10.6. The highest BCUT2D eigenvalue weighted by Gasteiger charge is 2.12. The number of hydrogen-bond donors (Lipinski definition) is 1. The second-order valence-corrected chi connectivity index (χ2v) is 4.48. The summed E-state index contributed by atoms with van der Waals surface area (Å²) < 4.78 is 1.53. The number of aromatic nitrogens is 5. The van der Waals surface area contributed by atoms with Crippen molar-refractivity contribution in [2.75, 3.05) is 5.32 Å². The van der Waals surface area contributed by atoms with Crippen LogP contribution in [-0.4, -0.2) is 30.6 Å². The van der Waals surface area contributed by atoms with Gasteiger partial charge in [-0.1, -0.05) is 11.6 Å². The third kappa shape index (κ3) is 2.87. The molecular weight excluding hydrogens is 292 g/mol. The van der Waals surface area contributed by atoms with Crippen molar-refractivity contribution in [1.29, 1.82) is 0 Å². The van der Waals surface area contributed by atoms with Crippen LogP contribution in [0.2, 0.25) is 5.02 Å². The van der Waals surface area contributed by atoms with E-state index in [9.17, 15) is 4.79 Å². The van der Waals surface area contributed by atoms with Crippen LogP contribution < -0.4 is 5.32 Å². The number of amides is 1. The number of benzene rings is 1. The lowest BCUT2D eigenvalue weighted by Gasteiger charge is -2.10. The molecule has 0 aliphatic heterocycles. The van der Waals surface area contributed by atoms with Gasteiger partial charge in [-0.05, 0) is 18.2 Å². The van der Waals surface area contributed by atoms with Gasteiger partial charge >= 0.3 is 0 Å². The minimum absolute atomic E-state index is 0.210. The first-order chi connectivity index (χ1) is 10.2. The van der Waals surface area contributed by atoms with Crippen LogP contribution in [0.25, 0.3) is 5.69 Å². The summed E-state index contributed by atoms with van der Waals surface area (Å²) in [5, 5.41) is 7.28.